The zero-order valence-electron chi connectivity index (χ0n) is 45.7. The fraction of sp³-hybridized carbons (Fsp3) is 0.733. The maximum absolute atomic E-state index is 12.8. The van der Waals surface area contributed by atoms with Crippen molar-refractivity contribution in [3.63, 3.8) is 0 Å². The molecule has 10 heteroatoms. The molecule has 0 aliphatic heterocycles. The van der Waals surface area contributed by atoms with Gasteiger partial charge in [0.25, 0.3) is 7.82 Å². The fourth-order valence-corrected chi connectivity index (χ4v) is 8.31. The molecule has 0 spiro atoms. The fourth-order valence-electron chi connectivity index (χ4n) is 7.58. The van der Waals surface area contributed by atoms with E-state index >= 15 is 0 Å². The lowest BCUT2D eigenvalue weighted by molar-refractivity contribution is -0.870. The van der Waals surface area contributed by atoms with Gasteiger partial charge < -0.3 is 27.9 Å². The van der Waals surface area contributed by atoms with Crippen molar-refractivity contribution < 1.29 is 42.1 Å². The van der Waals surface area contributed by atoms with Crippen LogP contribution in [0.4, 0.5) is 0 Å². The highest BCUT2D eigenvalue weighted by Gasteiger charge is 2.21. The lowest BCUT2D eigenvalue weighted by Gasteiger charge is -2.28. The summed E-state index contributed by atoms with van der Waals surface area (Å²) >= 11 is 0. The van der Waals surface area contributed by atoms with Crippen LogP contribution >= 0.6 is 7.82 Å². The van der Waals surface area contributed by atoms with Crippen molar-refractivity contribution in [1.29, 1.82) is 0 Å². The third kappa shape index (κ3) is 54.5. The summed E-state index contributed by atoms with van der Waals surface area (Å²) in [4.78, 5) is 37.8. The number of rotatable bonds is 51. The van der Waals surface area contributed by atoms with Crippen molar-refractivity contribution in [3.05, 3.63) is 85.1 Å². The van der Waals surface area contributed by atoms with Gasteiger partial charge in [-0.25, -0.2) is 0 Å². The van der Waals surface area contributed by atoms with E-state index in [4.69, 9.17) is 18.5 Å². The number of phosphoric ester groups is 1. The molecule has 0 N–H and O–H groups in total. The number of ether oxygens (including phenoxy) is 2. The van der Waals surface area contributed by atoms with Gasteiger partial charge in [-0.2, -0.15) is 0 Å². The summed E-state index contributed by atoms with van der Waals surface area (Å²) < 4.78 is 34.1. The second-order valence-corrected chi connectivity index (χ2v) is 21.3. The summed E-state index contributed by atoms with van der Waals surface area (Å²) in [6.45, 7) is 4.10. The van der Waals surface area contributed by atoms with E-state index in [1.54, 1.807) is 0 Å². The quantitative estimate of drug-likeness (QED) is 0.0195. The minimum Gasteiger partial charge on any atom is -0.756 e. The molecule has 2 atom stereocenters. The largest absolute Gasteiger partial charge is 0.756 e. The third-order valence-electron chi connectivity index (χ3n) is 11.9. The molecule has 9 nitrogen and oxygen atoms in total. The van der Waals surface area contributed by atoms with Gasteiger partial charge in [0.05, 0.1) is 27.7 Å². The number of nitrogens with zero attached hydrogens (tertiary/aromatic N) is 1. The minimum absolute atomic E-state index is 0.0408. The van der Waals surface area contributed by atoms with E-state index in [-0.39, 0.29) is 26.1 Å². The Morgan fingerprint density at radius 2 is 0.814 bits per heavy atom. The molecule has 404 valence electrons. The maximum atomic E-state index is 12.8. The normalized spacial score (nSPS) is 14.0. The first-order chi connectivity index (χ1) is 34.0. The molecule has 0 aromatic carbocycles. The van der Waals surface area contributed by atoms with E-state index in [1.165, 1.54) is 116 Å². The van der Waals surface area contributed by atoms with E-state index in [2.05, 4.69) is 98.9 Å². The van der Waals surface area contributed by atoms with Gasteiger partial charge in [-0.1, -0.05) is 234 Å². The molecule has 0 fully saturated rings. The van der Waals surface area contributed by atoms with Gasteiger partial charge in [-0.15, -0.1) is 0 Å². The Balaban J connectivity index is 4.28. The van der Waals surface area contributed by atoms with Crippen molar-refractivity contribution in [3.8, 4) is 0 Å². The number of quaternary nitrogens is 1. The Morgan fingerprint density at radius 3 is 1.21 bits per heavy atom. The van der Waals surface area contributed by atoms with Crippen molar-refractivity contribution in [2.75, 3.05) is 47.5 Å². The lowest BCUT2D eigenvalue weighted by atomic mass is 10.0. The number of hydrogen-bond acceptors (Lipinski definition) is 8. The van der Waals surface area contributed by atoms with Crippen LogP contribution in [0.25, 0.3) is 0 Å². The van der Waals surface area contributed by atoms with Gasteiger partial charge in [-0.05, 0) is 70.6 Å². The number of unbranched alkanes of at least 4 members (excludes halogenated alkanes) is 23. The van der Waals surface area contributed by atoms with Crippen LogP contribution in [-0.2, 0) is 32.7 Å². The van der Waals surface area contributed by atoms with Crippen LogP contribution < -0.4 is 4.89 Å². The molecule has 0 saturated heterocycles. The Hall–Kier alpha value is -2.81. The number of esters is 2. The molecule has 0 aromatic heterocycles. The summed E-state index contributed by atoms with van der Waals surface area (Å²) in [7, 11) is 1.14. The van der Waals surface area contributed by atoms with Crippen LogP contribution in [0, 0.1) is 0 Å². The highest BCUT2D eigenvalue weighted by molar-refractivity contribution is 7.45. The second kappa shape index (κ2) is 51.1. The average Bonchev–Trinajstić information content (AvgIpc) is 3.32. The van der Waals surface area contributed by atoms with E-state index in [0.29, 0.717) is 17.4 Å². The minimum atomic E-state index is -4.65. The number of phosphoric acid groups is 1. The molecule has 0 saturated carbocycles. The third-order valence-corrected chi connectivity index (χ3v) is 12.9. The number of carbonyl (C=O) groups is 2. The number of carbonyl (C=O) groups excluding carboxylic acids is 2. The van der Waals surface area contributed by atoms with Crippen LogP contribution in [0.2, 0.25) is 0 Å². The summed E-state index contributed by atoms with van der Waals surface area (Å²) in [5.41, 5.74) is 0. The molecule has 0 amide bonds. The molecular weight excluding hydrogens is 894 g/mol. The second-order valence-electron chi connectivity index (χ2n) is 19.9. The van der Waals surface area contributed by atoms with Gasteiger partial charge in [0.15, 0.2) is 6.10 Å². The van der Waals surface area contributed by atoms with Crippen LogP contribution in [0.5, 0.6) is 0 Å². The molecular formula is C60H106NO8P. The Bertz CT molecular complexity index is 1460. The van der Waals surface area contributed by atoms with E-state index in [1.807, 2.05) is 21.1 Å². The molecule has 0 aliphatic rings. The van der Waals surface area contributed by atoms with E-state index in [9.17, 15) is 19.0 Å². The predicted octanol–water partition coefficient (Wildman–Crippen LogP) is 16.8. The number of allylic oxidation sites excluding steroid dienone is 14. The SMILES string of the molecule is CC/C=C\C/C=C\C/C=C\C/C=C\C/C=C\C/C=C\C/C=C\CCCCCC(=O)OC(COC(=O)CCCCCCCCCCCCCCCCCCCCCCC)COP(=O)([O-])OCC[N+](C)(C)C. The molecule has 2 unspecified atom stereocenters. The van der Waals surface area contributed by atoms with Crippen LogP contribution in [-0.4, -0.2) is 70.0 Å². The van der Waals surface area contributed by atoms with Crippen LogP contribution in [0.3, 0.4) is 0 Å². The molecule has 0 heterocycles. The Labute approximate surface area is 431 Å². The Kier molecular flexibility index (Phi) is 49.1. The number of hydrogen-bond donors (Lipinski definition) is 0. The highest BCUT2D eigenvalue weighted by atomic mass is 31.2. The zero-order chi connectivity index (χ0) is 51.3. The zero-order valence-corrected chi connectivity index (χ0v) is 46.6. The van der Waals surface area contributed by atoms with Gasteiger partial charge in [-0.3, -0.25) is 14.2 Å². The lowest BCUT2D eigenvalue weighted by Crippen LogP contribution is -2.37. The highest BCUT2D eigenvalue weighted by Crippen LogP contribution is 2.38. The summed E-state index contributed by atoms with van der Waals surface area (Å²) in [6, 6.07) is 0. The van der Waals surface area contributed by atoms with Crippen molar-refractivity contribution in [2.24, 2.45) is 0 Å². The molecule has 0 rings (SSSR count). The van der Waals surface area contributed by atoms with Gasteiger partial charge in [0, 0.05) is 12.8 Å². The topological polar surface area (TPSA) is 111 Å². The number of likely N-dealkylation sites (N-methyl/N-ethyl adjacent to an activating group) is 1. The molecule has 70 heavy (non-hydrogen) atoms. The first-order valence-electron chi connectivity index (χ1n) is 28.3. The molecule has 0 bridgehead atoms. The van der Waals surface area contributed by atoms with Gasteiger partial charge >= 0.3 is 11.9 Å². The Morgan fingerprint density at radius 1 is 0.457 bits per heavy atom. The first kappa shape index (κ1) is 67.2. The molecule has 0 aliphatic carbocycles. The van der Waals surface area contributed by atoms with Crippen molar-refractivity contribution >= 4 is 19.8 Å². The summed E-state index contributed by atoms with van der Waals surface area (Å²) in [5, 5.41) is 0. The monoisotopic (exact) mass is 1000 g/mol. The molecule has 0 aromatic rings. The van der Waals surface area contributed by atoms with Crippen LogP contribution in [0.1, 0.15) is 232 Å². The standard InChI is InChI=1S/C60H106NO8P/c1-6-8-10-12-14-16-18-20-22-24-26-28-29-30-31-33-35-37-39-41-43-45-47-49-51-53-60(63)69-58(57-68-70(64,65)67-55-54-61(3,4)5)56-66-59(62)52-50-48-46-44-42-40-38-36-34-32-27-25-23-21-19-17-15-13-11-9-7-2/h8,10,14,16,20,22,26,28,30-31,35,37,41,43,58H,6-7,9,11-13,15,17-19,21,23-25,27,29,32-34,36,38-40,42,44-57H2,1-5H3/b10-8-,16-14-,22-20-,28-26-,31-30-,37-35-,43-41-. The molecule has 0 radical (unpaired) electrons. The predicted molar refractivity (Wildman–Crippen MR) is 296 cm³/mol. The first-order valence-corrected chi connectivity index (χ1v) is 29.8. The smallest absolute Gasteiger partial charge is 0.306 e. The van der Waals surface area contributed by atoms with Crippen LogP contribution in [0.15, 0.2) is 85.1 Å². The van der Waals surface area contributed by atoms with E-state index in [0.717, 1.165) is 83.5 Å². The summed E-state index contributed by atoms with van der Waals surface area (Å²) in [5.74, 6) is -0.869. The maximum Gasteiger partial charge on any atom is 0.306 e. The van der Waals surface area contributed by atoms with E-state index < -0.39 is 32.5 Å². The average molecular weight is 1000 g/mol. The van der Waals surface area contributed by atoms with Gasteiger partial charge in [0.2, 0.25) is 0 Å². The summed E-state index contributed by atoms with van der Waals surface area (Å²) in [6.07, 6.45) is 67.7. The van der Waals surface area contributed by atoms with Gasteiger partial charge in [0.1, 0.15) is 19.8 Å². The van der Waals surface area contributed by atoms with Crippen molar-refractivity contribution in [1.82, 2.24) is 0 Å². The van der Waals surface area contributed by atoms with Crippen molar-refractivity contribution in [2.45, 2.75) is 238 Å².